The number of aliphatic hydroxyl groups is 1. The van der Waals surface area contributed by atoms with E-state index in [1.807, 2.05) is 0 Å². The molecule has 4 atom stereocenters. The average molecular weight is 550 g/mol. The van der Waals surface area contributed by atoms with Crippen molar-refractivity contribution in [2.75, 3.05) is 40.1 Å². The molecule has 39 heavy (non-hydrogen) atoms. The summed E-state index contributed by atoms with van der Waals surface area (Å²) in [5.74, 6) is -3.03. The van der Waals surface area contributed by atoms with Crippen molar-refractivity contribution >= 4 is 29.5 Å². The predicted molar refractivity (Wildman–Crippen MR) is 135 cm³/mol. The Morgan fingerprint density at radius 3 is 2.31 bits per heavy atom. The Morgan fingerprint density at radius 1 is 1.03 bits per heavy atom. The average Bonchev–Trinajstić information content (AvgIpc) is 3.22. The van der Waals surface area contributed by atoms with Crippen LogP contribution in [0.4, 0.5) is 4.79 Å². The van der Waals surface area contributed by atoms with E-state index in [9.17, 15) is 24.0 Å². The maximum Gasteiger partial charge on any atom is 0.417 e. The SMILES string of the molecule is CO[C@@H](C(=O)N1C(=O)O[C@@H](c2ccccc2)[C@H]1C)[C@@H](OC(C)=O)C(=O)C=CC(=O)CCCOCCOCCO. The van der Waals surface area contributed by atoms with Crippen LogP contribution < -0.4 is 0 Å². The highest BCUT2D eigenvalue weighted by molar-refractivity contribution is 6.05. The molecule has 1 aromatic rings. The van der Waals surface area contributed by atoms with E-state index in [2.05, 4.69) is 0 Å². The van der Waals surface area contributed by atoms with Crippen molar-refractivity contribution in [1.82, 2.24) is 4.90 Å². The first-order valence-electron chi connectivity index (χ1n) is 12.5. The Hall–Kier alpha value is -3.45. The van der Waals surface area contributed by atoms with Crippen LogP contribution in [-0.4, -0.2) is 97.9 Å². The molecule has 12 heteroatoms. The van der Waals surface area contributed by atoms with Gasteiger partial charge in [0.25, 0.3) is 5.91 Å². The van der Waals surface area contributed by atoms with E-state index in [4.69, 9.17) is 28.8 Å². The molecular formula is C27H35NO11. The number of hydrogen-bond donors (Lipinski definition) is 1. The van der Waals surface area contributed by atoms with Gasteiger partial charge in [0.2, 0.25) is 0 Å². The van der Waals surface area contributed by atoms with Gasteiger partial charge in [0, 0.05) is 27.1 Å². The van der Waals surface area contributed by atoms with E-state index in [1.54, 1.807) is 37.3 Å². The summed E-state index contributed by atoms with van der Waals surface area (Å²) in [6.45, 7) is 3.74. The zero-order chi connectivity index (χ0) is 28.8. The van der Waals surface area contributed by atoms with Crippen LogP contribution in [0, 0.1) is 0 Å². The number of rotatable bonds is 17. The molecule has 2 amide bonds. The molecule has 0 saturated carbocycles. The summed E-state index contributed by atoms with van der Waals surface area (Å²) >= 11 is 0. The Kier molecular flexibility index (Phi) is 13.4. The fourth-order valence-electron chi connectivity index (χ4n) is 3.87. The van der Waals surface area contributed by atoms with Crippen molar-refractivity contribution in [2.24, 2.45) is 0 Å². The minimum absolute atomic E-state index is 0.0736. The lowest BCUT2D eigenvalue weighted by atomic mass is 10.0. The van der Waals surface area contributed by atoms with Gasteiger partial charge in [-0.15, -0.1) is 0 Å². The molecule has 0 radical (unpaired) electrons. The van der Waals surface area contributed by atoms with Crippen molar-refractivity contribution in [2.45, 2.75) is 51.0 Å². The summed E-state index contributed by atoms with van der Waals surface area (Å²) in [4.78, 5) is 63.6. The third kappa shape index (κ3) is 9.66. The van der Waals surface area contributed by atoms with Gasteiger partial charge in [0.05, 0.1) is 32.5 Å². The summed E-state index contributed by atoms with van der Waals surface area (Å²) in [7, 11) is 1.14. The number of aliphatic hydroxyl groups excluding tert-OH is 1. The van der Waals surface area contributed by atoms with Crippen molar-refractivity contribution in [3.05, 3.63) is 48.0 Å². The Labute approximate surface area is 226 Å². The van der Waals surface area contributed by atoms with Crippen LogP contribution in [0.25, 0.3) is 0 Å². The van der Waals surface area contributed by atoms with Crippen LogP contribution in [0.1, 0.15) is 38.4 Å². The van der Waals surface area contributed by atoms with Crippen molar-refractivity contribution < 1.29 is 52.8 Å². The van der Waals surface area contributed by atoms with E-state index in [1.165, 1.54) is 0 Å². The topological polar surface area (TPSA) is 155 Å². The molecule has 1 heterocycles. The molecule has 1 fully saturated rings. The van der Waals surface area contributed by atoms with Crippen LogP contribution in [0.2, 0.25) is 0 Å². The van der Waals surface area contributed by atoms with Gasteiger partial charge in [-0.25, -0.2) is 9.69 Å². The number of cyclic esters (lactones) is 1. The number of ketones is 2. The van der Waals surface area contributed by atoms with Gasteiger partial charge >= 0.3 is 12.1 Å². The first-order valence-corrected chi connectivity index (χ1v) is 12.5. The molecule has 2 rings (SSSR count). The number of hydrogen-bond acceptors (Lipinski definition) is 11. The lowest BCUT2D eigenvalue weighted by Crippen LogP contribution is -2.52. The van der Waals surface area contributed by atoms with Gasteiger partial charge in [-0.1, -0.05) is 30.3 Å². The summed E-state index contributed by atoms with van der Waals surface area (Å²) in [5, 5.41) is 8.62. The number of nitrogens with zero attached hydrogens (tertiary/aromatic N) is 1. The van der Waals surface area contributed by atoms with Crippen LogP contribution in [0.5, 0.6) is 0 Å². The molecule has 1 N–H and O–H groups in total. The molecule has 214 valence electrons. The maximum atomic E-state index is 13.4. The van der Waals surface area contributed by atoms with E-state index < -0.39 is 48.1 Å². The van der Waals surface area contributed by atoms with Crippen molar-refractivity contribution in [3.63, 3.8) is 0 Å². The first-order chi connectivity index (χ1) is 18.7. The monoisotopic (exact) mass is 549 g/mol. The first kappa shape index (κ1) is 31.8. The Balaban J connectivity index is 2.02. The molecular weight excluding hydrogens is 514 g/mol. The number of ether oxygens (including phenoxy) is 5. The Bertz CT molecular complexity index is 1010. The maximum absolute atomic E-state index is 13.4. The van der Waals surface area contributed by atoms with E-state index in [0.29, 0.717) is 31.8 Å². The molecule has 1 saturated heterocycles. The molecule has 0 aliphatic carbocycles. The number of amides is 2. The quantitative estimate of drug-likeness (QED) is 0.171. The fraction of sp³-hybridized carbons (Fsp3) is 0.519. The second-order valence-corrected chi connectivity index (χ2v) is 8.60. The highest BCUT2D eigenvalue weighted by atomic mass is 16.6. The van der Waals surface area contributed by atoms with Crippen molar-refractivity contribution in [1.29, 1.82) is 0 Å². The van der Waals surface area contributed by atoms with Crippen molar-refractivity contribution in [3.8, 4) is 0 Å². The van der Waals surface area contributed by atoms with Gasteiger partial charge in [0.15, 0.2) is 23.8 Å². The molecule has 1 aromatic carbocycles. The minimum atomic E-state index is -1.73. The number of allylic oxidation sites excluding steroid dienone is 1. The predicted octanol–water partition coefficient (Wildman–Crippen LogP) is 1.54. The number of imide groups is 1. The molecule has 0 unspecified atom stereocenters. The lowest BCUT2D eigenvalue weighted by molar-refractivity contribution is -0.166. The minimum Gasteiger partial charge on any atom is -0.451 e. The number of carbonyl (C=O) groups excluding carboxylic acids is 5. The number of methoxy groups -OCH3 is 1. The molecule has 0 aromatic heterocycles. The highest BCUT2D eigenvalue weighted by Crippen LogP contribution is 2.33. The zero-order valence-corrected chi connectivity index (χ0v) is 22.3. The third-order valence-corrected chi connectivity index (χ3v) is 5.73. The number of esters is 1. The molecule has 0 bridgehead atoms. The van der Waals surface area contributed by atoms with E-state index >= 15 is 0 Å². The van der Waals surface area contributed by atoms with Crippen LogP contribution >= 0.6 is 0 Å². The normalized spacial score (nSPS) is 18.6. The smallest absolute Gasteiger partial charge is 0.417 e. The van der Waals surface area contributed by atoms with Gasteiger partial charge in [-0.3, -0.25) is 19.2 Å². The number of carbonyl (C=O) groups is 5. The van der Waals surface area contributed by atoms with Crippen LogP contribution in [-0.2, 0) is 42.9 Å². The Morgan fingerprint density at radius 2 is 1.69 bits per heavy atom. The molecule has 1 aliphatic heterocycles. The van der Waals surface area contributed by atoms with E-state index in [-0.39, 0.29) is 25.4 Å². The standard InChI is InChI=1S/C27H35NO11/c1-18-23(20-8-5-4-6-9-20)39-27(34)28(18)26(33)25(35-3)24(38-19(2)30)22(32)12-11-21(31)10-7-14-36-16-17-37-15-13-29/h4-6,8-9,11-12,18,23-25,29H,7,10,13-17H2,1-3H3/t18-,23-,24+,25-/m1/s1. The molecule has 1 aliphatic rings. The summed E-state index contributed by atoms with van der Waals surface area (Å²) in [6.07, 6.45) is -2.64. The molecule has 12 nitrogen and oxygen atoms in total. The number of benzene rings is 1. The highest BCUT2D eigenvalue weighted by Gasteiger charge is 2.48. The largest absolute Gasteiger partial charge is 0.451 e. The van der Waals surface area contributed by atoms with Gasteiger partial charge in [-0.2, -0.15) is 0 Å². The van der Waals surface area contributed by atoms with Gasteiger partial charge in [-0.05, 0) is 31.1 Å². The summed E-state index contributed by atoms with van der Waals surface area (Å²) in [6, 6.07) is 8.10. The summed E-state index contributed by atoms with van der Waals surface area (Å²) < 4.78 is 26.1. The van der Waals surface area contributed by atoms with Gasteiger partial charge in [0.1, 0.15) is 6.10 Å². The second kappa shape index (κ2) is 16.5. The fourth-order valence-corrected chi connectivity index (χ4v) is 3.87. The second-order valence-electron chi connectivity index (χ2n) is 8.60. The molecule has 0 spiro atoms. The third-order valence-electron chi connectivity index (χ3n) is 5.73. The van der Waals surface area contributed by atoms with Crippen LogP contribution in [0.3, 0.4) is 0 Å². The zero-order valence-electron chi connectivity index (χ0n) is 22.3. The van der Waals surface area contributed by atoms with Gasteiger partial charge < -0.3 is 28.8 Å². The lowest BCUT2D eigenvalue weighted by Gasteiger charge is -2.27. The van der Waals surface area contributed by atoms with Crippen LogP contribution in [0.15, 0.2) is 42.5 Å². The summed E-state index contributed by atoms with van der Waals surface area (Å²) in [5.41, 5.74) is 0.678. The van der Waals surface area contributed by atoms with E-state index in [0.717, 1.165) is 31.1 Å².